The fourth-order valence-corrected chi connectivity index (χ4v) is 6.36. The van der Waals surface area contributed by atoms with E-state index in [2.05, 4.69) is 33.0 Å². The molecule has 1 N–H and O–H groups in total. The van der Waals surface area contributed by atoms with Crippen molar-refractivity contribution in [2.45, 2.75) is 206 Å². The second-order valence-corrected chi connectivity index (χ2v) is 13.8. The Morgan fingerprint density at radius 2 is 0.643 bits per heavy atom. The minimum absolute atomic E-state index is 0. The van der Waals surface area contributed by atoms with Crippen LogP contribution < -0.4 is 12.4 Å². The van der Waals surface area contributed by atoms with Crippen LogP contribution in [0.3, 0.4) is 0 Å². The maximum atomic E-state index is 9.65. The molecule has 0 aromatic rings. The highest BCUT2D eigenvalue weighted by atomic mass is 35.5. The van der Waals surface area contributed by atoms with Crippen LogP contribution in [-0.4, -0.2) is 42.9 Å². The average Bonchev–Trinajstić information content (AvgIpc) is 2.97. The third-order valence-electron chi connectivity index (χ3n) is 9.40. The first-order valence-electron chi connectivity index (χ1n) is 19.3. The number of halogens is 1. The number of rotatable bonds is 35. The molecule has 0 heterocycles. The molecule has 2 nitrogen and oxygen atoms in total. The Hall–Kier alpha value is -0.0500. The monoisotopic (exact) mass is 614 g/mol. The first-order chi connectivity index (χ1) is 20.2. The van der Waals surface area contributed by atoms with Gasteiger partial charge in [0.25, 0.3) is 0 Å². The molecule has 0 saturated carbocycles. The number of hydrogen-bond acceptors (Lipinski definition) is 1. The number of nitrogens with zero attached hydrogens (tertiary/aromatic N) is 1. The number of likely N-dealkylation sites (N-methyl/N-ethyl adjacent to an activating group) is 1. The molecule has 0 amide bonds. The first-order valence-corrected chi connectivity index (χ1v) is 19.3. The Balaban J connectivity index is 0. The zero-order valence-electron chi connectivity index (χ0n) is 29.5. The number of aliphatic hydroxyl groups excluding tert-OH is 1. The quantitative estimate of drug-likeness (QED) is 0.0428. The van der Waals surface area contributed by atoms with Crippen molar-refractivity contribution >= 4 is 0 Å². The molecule has 1 atom stereocenters. The predicted octanol–water partition coefficient (Wildman–Crippen LogP) is 9.73. The molecule has 42 heavy (non-hydrogen) atoms. The number of aliphatic hydroxyl groups is 1. The molecule has 1 unspecified atom stereocenters. The van der Waals surface area contributed by atoms with E-state index >= 15 is 0 Å². The third kappa shape index (κ3) is 34.4. The van der Waals surface area contributed by atoms with Crippen molar-refractivity contribution < 1.29 is 22.0 Å². The molecule has 3 heteroatoms. The molecule has 0 radical (unpaired) electrons. The summed E-state index contributed by atoms with van der Waals surface area (Å²) in [4.78, 5) is 0. The fourth-order valence-electron chi connectivity index (χ4n) is 6.36. The highest BCUT2D eigenvalue weighted by Gasteiger charge is 2.19. The van der Waals surface area contributed by atoms with E-state index < -0.39 is 0 Å². The van der Waals surface area contributed by atoms with Crippen LogP contribution in [0.5, 0.6) is 0 Å². The third-order valence-corrected chi connectivity index (χ3v) is 9.40. The average molecular weight is 615 g/mol. The standard InChI is InChI=1S/C39H80NO.ClH/c1-4-6-8-10-12-14-16-18-20-22-24-26-28-30-32-34-36-40(3,38-39-41)37-35-33-31-29-27-25-23-21-19-17-15-13-11-9-7-5-2;/h18,20,41H,4-17,19,21-39H2,1-3H3;1H/q+1;/p-1/b20-18+;. The van der Waals surface area contributed by atoms with E-state index in [-0.39, 0.29) is 12.4 Å². The van der Waals surface area contributed by atoms with Crippen molar-refractivity contribution in [3.8, 4) is 0 Å². The molecule has 0 aliphatic carbocycles. The summed E-state index contributed by atoms with van der Waals surface area (Å²) >= 11 is 0. The molecule has 0 rings (SSSR count). The molecule has 0 bridgehead atoms. The maximum absolute atomic E-state index is 9.65. The summed E-state index contributed by atoms with van der Waals surface area (Å²) in [6.45, 7) is 8.37. The van der Waals surface area contributed by atoms with Gasteiger partial charge in [-0.3, -0.25) is 0 Å². The van der Waals surface area contributed by atoms with Gasteiger partial charge in [0.15, 0.2) is 0 Å². The van der Waals surface area contributed by atoms with Gasteiger partial charge in [-0.05, 0) is 51.4 Å². The summed E-state index contributed by atoms with van der Waals surface area (Å²) < 4.78 is 1.08. The normalized spacial score (nSPS) is 13.0. The Morgan fingerprint density at radius 1 is 0.381 bits per heavy atom. The van der Waals surface area contributed by atoms with Gasteiger partial charge >= 0.3 is 0 Å². The van der Waals surface area contributed by atoms with Gasteiger partial charge in [-0.25, -0.2) is 0 Å². The number of hydrogen-bond donors (Lipinski definition) is 1. The van der Waals surface area contributed by atoms with Gasteiger partial charge in [-0.1, -0.05) is 167 Å². The molecule has 0 fully saturated rings. The van der Waals surface area contributed by atoms with Gasteiger partial charge in [0.1, 0.15) is 6.54 Å². The summed E-state index contributed by atoms with van der Waals surface area (Å²) in [6, 6.07) is 0. The zero-order chi connectivity index (χ0) is 30.0. The Bertz CT molecular complexity index is 511. The smallest absolute Gasteiger partial charge is 0.102 e. The van der Waals surface area contributed by atoms with Crippen molar-refractivity contribution in [3.05, 3.63) is 12.2 Å². The van der Waals surface area contributed by atoms with Crippen molar-refractivity contribution in [3.63, 3.8) is 0 Å². The van der Waals surface area contributed by atoms with E-state index in [1.54, 1.807) is 0 Å². The van der Waals surface area contributed by atoms with Crippen LogP contribution in [-0.2, 0) is 0 Å². The van der Waals surface area contributed by atoms with Crippen LogP contribution in [0.1, 0.15) is 206 Å². The highest BCUT2D eigenvalue weighted by Crippen LogP contribution is 2.16. The minimum atomic E-state index is 0. The lowest BCUT2D eigenvalue weighted by Gasteiger charge is -2.34. The maximum Gasteiger partial charge on any atom is 0.102 e. The second-order valence-electron chi connectivity index (χ2n) is 13.8. The fraction of sp³-hybridized carbons (Fsp3) is 0.949. The van der Waals surface area contributed by atoms with E-state index in [1.807, 2.05) is 0 Å². The van der Waals surface area contributed by atoms with Crippen LogP contribution >= 0.6 is 0 Å². The topological polar surface area (TPSA) is 20.2 Å². The van der Waals surface area contributed by atoms with Crippen LogP contribution in [0.25, 0.3) is 0 Å². The van der Waals surface area contributed by atoms with Crippen molar-refractivity contribution in [2.24, 2.45) is 0 Å². The molecule has 0 aliphatic heterocycles. The van der Waals surface area contributed by atoms with Gasteiger partial charge in [-0.2, -0.15) is 0 Å². The predicted molar refractivity (Wildman–Crippen MR) is 187 cm³/mol. The molecule has 0 aliphatic rings. The van der Waals surface area contributed by atoms with Gasteiger partial charge < -0.3 is 22.0 Å². The van der Waals surface area contributed by atoms with Crippen molar-refractivity contribution in [1.82, 2.24) is 0 Å². The highest BCUT2D eigenvalue weighted by molar-refractivity contribution is 4.81. The lowest BCUT2D eigenvalue weighted by atomic mass is 10.0. The van der Waals surface area contributed by atoms with E-state index in [4.69, 9.17) is 0 Å². The van der Waals surface area contributed by atoms with Crippen LogP contribution in [0.15, 0.2) is 12.2 Å². The summed E-state index contributed by atoms with van der Waals surface area (Å²) in [5.74, 6) is 0. The SMILES string of the molecule is CCCCCCCC/C=C/CCCCCCCC[N+](C)(CCO)CCCCCCCCCCCCCCCCCC.[Cl-]. The first kappa shape index (κ1) is 44.1. The van der Waals surface area contributed by atoms with E-state index in [0.29, 0.717) is 6.61 Å². The largest absolute Gasteiger partial charge is 1.00 e. The Kier molecular flexibility index (Phi) is 39.0. The lowest BCUT2D eigenvalue weighted by molar-refractivity contribution is -0.910. The Morgan fingerprint density at radius 3 is 0.929 bits per heavy atom. The molecular weight excluding hydrogens is 534 g/mol. The van der Waals surface area contributed by atoms with E-state index in [0.717, 1.165) is 11.0 Å². The summed E-state index contributed by atoms with van der Waals surface area (Å²) in [7, 11) is 2.39. The Labute approximate surface area is 273 Å². The van der Waals surface area contributed by atoms with Crippen LogP contribution in [0, 0.1) is 0 Å². The number of quaternary nitrogens is 1. The van der Waals surface area contributed by atoms with Crippen LogP contribution in [0.4, 0.5) is 0 Å². The summed E-state index contributed by atoms with van der Waals surface area (Å²) in [5.41, 5.74) is 0. The molecule has 0 aromatic carbocycles. The summed E-state index contributed by atoms with van der Waals surface area (Å²) in [6.07, 6.45) is 47.0. The minimum Gasteiger partial charge on any atom is -1.00 e. The summed E-state index contributed by atoms with van der Waals surface area (Å²) in [5, 5.41) is 9.65. The van der Waals surface area contributed by atoms with Gasteiger partial charge in [-0.15, -0.1) is 0 Å². The zero-order valence-corrected chi connectivity index (χ0v) is 30.2. The van der Waals surface area contributed by atoms with Crippen molar-refractivity contribution in [2.75, 3.05) is 33.3 Å². The van der Waals surface area contributed by atoms with E-state index in [9.17, 15) is 5.11 Å². The van der Waals surface area contributed by atoms with Gasteiger partial charge in [0.05, 0.1) is 26.7 Å². The molecule has 0 spiro atoms. The lowest BCUT2D eigenvalue weighted by Crippen LogP contribution is -3.00. The molecule has 254 valence electrons. The number of allylic oxidation sites excluding steroid dienone is 2. The van der Waals surface area contributed by atoms with Crippen LogP contribution in [0.2, 0.25) is 0 Å². The molecular formula is C39H80ClNO. The number of unbranched alkanes of at least 4 members (excludes halogenated alkanes) is 27. The van der Waals surface area contributed by atoms with E-state index in [1.165, 1.54) is 206 Å². The van der Waals surface area contributed by atoms with Crippen molar-refractivity contribution in [1.29, 1.82) is 0 Å². The molecule has 0 saturated heterocycles. The van der Waals surface area contributed by atoms with Gasteiger partial charge in [0.2, 0.25) is 0 Å². The van der Waals surface area contributed by atoms with Gasteiger partial charge in [0, 0.05) is 0 Å². The molecule has 0 aromatic heterocycles. The second kappa shape index (κ2) is 37.1.